The molecule has 0 aliphatic carbocycles. The summed E-state index contributed by atoms with van der Waals surface area (Å²) in [7, 11) is 0. The Morgan fingerprint density at radius 2 is 1.81 bits per heavy atom. The fourth-order valence-electron chi connectivity index (χ4n) is 3.20. The Hall–Kier alpha value is -3.16. The van der Waals surface area contributed by atoms with E-state index in [1.165, 1.54) is 23.1 Å². The van der Waals surface area contributed by atoms with Gasteiger partial charge in [0.15, 0.2) is 0 Å². The molecule has 0 saturated carbocycles. The number of hydrogen-bond acceptors (Lipinski definition) is 5. The van der Waals surface area contributed by atoms with Gasteiger partial charge >= 0.3 is 0 Å². The summed E-state index contributed by atoms with van der Waals surface area (Å²) in [5, 5.41) is 6.61. The van der Waals surface area contributed by atoms with Crippen molar-refractivity contribution < 1.29 is 9.59 Å². The molecular formula is C24H21N3O2S2. The van der Waals surface area contributed by atoms with E-state index < -0.39 is 11.2 Å². The number of nitrogens with zero attached hydrogens (tertiary/aromatic N) is 1. The predicted molar refractivity (Wildman–Crippen MR) is 129 cm³/mol. The number of carbonyl (C=O) groups excluding carboxylic acids is 2. The van der Waals surface area contributed by atoms with Crippen LogP contribution in [0.3, 0.4) is 0 Å². The number of primary amides is 1. The molecule has 2 aromatic heterocycles. The van der Waals surface area contributed by atoms with Gasteiger partial charge in [0.05, 0.1) is 21.4 Å². The van der Waals surface area contributed by atoms with Crippen LogP contribution in [0.15, 0.2) is 71.1 Å². The minimum Gasteiger partial charge on any atom is -0.365 e. The van der Waals surface area contributed by atoms with Gasteiger partial charge in [0.2, 0.25) is 5.91 Å². The van der Waals surface area contributed by atoms with Gasteiger partial charge < -0.3 is 11.1 Å². The van der Waals surface area contributed by atoms with E-state index in [9.17, 15) is 9.59 Å². The third kappa shape index (κ3) is 4.62. The number of amides is 2. The first-order valence-corrected chi connectivity index (χ1v) is 11.5. The molecule has 4 aromatic rings. The number of aromatic nitrogens is 1. The maximum atomic E-state index is 12.8. The zero-order chi connectivity index (χ0) is 22.0. The SMILES string of the molecule is Cc1ccc(-c2csc(NC(=O)C(C)Sc3ccc4ccccc4n3)c2C(N)=O)cc1. The highest BCUT2D eigenvalue weighted by Crippen LogP contribution is 2.36. The molecule has 0 saturated heterocycles. The fourth-order valence-corrected chi connectivity index (χ4v) is 5.00. The van der Waals surface area contributed by atoms with E-state index in [4.69, 9.17) is 5.73 Å². The van der Waals surface area contributed by atoms with Gasteiger partial charge in [-0.2, -0.15) is 0 Å². The second-order valence-corrected chi connectivity index (χ2v) is 9.42. The number of nitrogens with one attached hydrogen (secondary N) is 1. The Labute approximate surface area is 188 Å². The highest BCUT2D eigenvalue weighted by atomic mass is 32.2. The molecule has 0 spiro atoms. The number of thiophene rings is 1. The molecule has 2 heterocycles. The number of nitrogens with two attached hydrogens (primary N) is 1. The smallest absolute Gasteiger partial charge is 0.252 e. The normalized spacial score (nSPS) is 11.9. The van der Waals surface area contributed by atoms with Crippen LogP contribution in [0.1, 0.15) is 22.8 Å². The number of hydrogen-bond donors (Lipinski definition) is 2. The lowest BCUT2D eigenvalue weighted by Crippen LogP contribution is -2.24. The van der Waals surface area contributed by atoms with Crippen molar-refractivity contribution in [2.75, 3.05) is 5.32 Å². The molecule has 4 rings (SSSR count). The number of thioether (sulfide) groups is 1. The van der Waals surface area contributed by atoms with Gasteiger partial charge in [-0.1, -0.05) is 65.9 Å². The van der Waals surface area contributed by atoms with E-state index in [0.29, 0.717) is 10.6 Å². The maximum Gasteiger partial charge on any atom is 0.252 e. The summed E-state index contributed by atoms with van der Waals surface area (Å²) >= 11 is 2.67. The zero-order valence-electron chi connectivity index (χ0n) is 17.1. The average Bonchev–Trinajstić information content (AvgIpc) is 3.18. The summed E-state index contributed by atoms with van der Waals surface area (Å²) < 4.78 is 0. The van der Waals surface area contributed by atoms with Crippen molar-refractivity contribution in [3.05, 3.63) is 77.2 Å². The molecule has 31 heavy (non-hydrogen) atoms. The minimum atomic E-state index is -0.566. The summed E-state index contributed by atoms with van der Waals surface area (Å²) in [6, 6.07) is 19.6. The lowest BCUT2D eigenvalue weighted by molar-refractivity contribution is -0.115. The molecule has 156 valence electrons. The number of carbonyl (C=O) groups is 2. The quantitative estimate of drug-likeness (QED) is 0.383. The summed E-state index contributed by atoms with van der Waals surface area (Å²) in [4.78, 5) is 29.6. The Morgan fingerprint density at radius 1 is 1.06 bits per heavy atom. The first kappa shape index (κ1) is 21.1. The largest absolute Gasteiger partial charge is 0.365 e. The Kier molecular flexibility index (Phi) is 6.06. The number of aryl methyl sites for hydroxylation is 1. The summed E-state index contributed by atoms with van der Waals surface area (Å²) in [6.07, 6.45) is 0. The molecule has 1 atom stereocenters. The van der Waals surface area contributed by atoms with Gasteiger partial charge in [0.25, 0.3) is 5.91 Å². The van der Waals surface area contributed by atoms with Crippen LogP contribution in [0.2, 0.25) is 0 Å². The second-order valence-electron chi connectivity index (χ2n) is 7.18. The van der Waals surface area contributed by atoms with Gasteiger partial charge in [-0.3, -0.25) is 9.59 Å². The number of fused-ring (bicyclic) bond motifs is 1. The predicted octanol–water partition coefficient (Wildman–Crippen LogP) is 5.49. The average molecular weight is 448 g/mol. The van der Waals surface area contributed by atoms with E-state index in [1.807, 2.05) is 79.9 Å². The van der Waals surface area contributed by atoms with Crippen LogP contribution >= 0.6 is 23.1 Å². The number of benzene rings is 2. The van der Waals surface area contributed by atoms with Gasteiger partial charge in [0.1, 0.15) is 5.00 Å². The van der Waals surface area contributed by atoms with Crippen LogP contribution in [0.4, 0.5) is 5.00 Å². The standard InChI is InChI=1S/C24H21N3O2S2/c1-14-7-9-16(10-8-14)18-13-30-24(21(18)22(25)28)27-23(29)15(2)31-20-12-11-17-5-3-4-6-19(17)26-20/h3-13,15H,1-2H3,(H2,25,28)(H,27,29). The van der Waals surface area contributed by atoms with E-state index in [0.717, 1.165) is 32.6 Å². The molecule has 3 N–H and O–H groups in total. The second kappa shape index (κ2) is 8.91. The van der Waals surface area contributed by atoms with Crippen molar-refractivity contribution in [2.24, 2.45) is 5.73 Å². The zero-order valence-corrected chi connectivity index (χ0v) is 18.7. The summed E-state index contributed by atoms with van der Waals surface area (Å²) in [5.41, 5.74) is 9.62. The molecule has 7 heteroatoms. The van der Waals surface area contributed by atoms with Crippen molar-refractivity contribution in [2.45, 2.75) is 24.1 Å². The maximum absolute atomic E-state index is 12.8. The van der Waals surface area contributed by atoms with Crippen molar-refractivity contribution in [3.63, 3.8) is 0 Å². The monoisotopic (exact) mass is 447 g/mol. The Morgan fingerprint density at radius 3 is 2.55 bits per heavy atom. The minimum absolute atomic E-state index is 0.209. The molecule has 0 radical (unpaired) electrons. The summed E-state index contributed by atoms with van der Waals surface area (Å²) in [6.45, 7) is 3.82. The van der Waals surface area contributed by atoms with Crippen LogP contribution in [-0.4, -0.2) is 22.0 Å². The van der Waals surface area contributed by atoms with Crippen molar-refractivity contribution in [1.82, 2.24) is 4.98 Å². The van der Waals surface area contributed by atoms with Crippen LogP contribution < -0.4 is 11.1 Å². The molecule has 2 aromatic carbocycles. The van der Waals surface area contributed by atoms with Gasteiger partial charge in [0, 0.05) is 16.3 Å². The molecule has 1 unspecified atom stereocenters. The third-order valence-corrected chi connectivity index (χ3v) is 6.81. The molecule has 0 fully saturated rings. The third-order valence-electron chi connectivity index (χ3n) is 4.88. The highest BCUT2D eigenvalue weighted by molar-refractivity contribution is 8.00. The molecular weight excluding hydrogens is 426 g/mol. The van der Waals surface area contributed by atoms with Crippen LogP contribution in [-0.2, 0) is 4.79 Å². The molecule has 0 bridgehead atoms. The molecule has 0 aliphatic rings. The summed E-state index contributed by atoms with van der Waals surface area (Å²) in [5.74, 6) is -0.775. The lowest BCUT2D eigenvalue weighted by atomic mass is 10.0. The molecule has 2 amide bonds. The van der Waals surface area contributed by atoms with Crippen LogP contribution in [0, 0.1) is 6.92 Å². The molecule has 0 aliphatic heterocycles. The van der Waals surface area contributed by atoms with E-state index in [1.54, 1.807) is 0 Å². The van der Waals surface area contributed by atoms with Crippen LogP contribution in [0.5, 0.6) is 0 Å². The highest BCUT2D eigenvalue weighted by Gasteiger charge is 2.22. The topological polar surface area (TPSA) is 85.1 Å². The van der Waals surface area contributed by atoms with E-state index in [-0.39, 0.29) is 5.91 Å². The molecule has 5 nitrogen and oxygen atoms in total. The first-order chi connectivity index (χ1) is 14.9. The van der Waals surface area contributed by atoms with Crippen molar-refractivity contribution in [1.29, 1.82) is 0 Å². The van der Waals surface area contributed by atoms with Crippen molar-refractivity contribution in [3.8, 4) is 11.1 Å². The van der Waals surface area contributed by atoms with E-state index in [2.05, 4.69) is 10.3 Å². The van der Waals surface area contributed by atoms with E-state index >= 15 is 0 Å². The van der Waals surface area contributed by atoms with Gasteiger partial charge in [-0.05, 0) is 31.5 Å². The lowest BCUT2D eigenvalue weighted by Gasteiger charge is -2.12. The fraction of sp³-hybridized carbons (Fsp3) is 0.125. The number of pyridine rings is 1. The number of para-hydroxylation sites is 1. The van der Waals surface area contributed by atoms with Gasteiger partial charge in [-0.25, -0.2) is 4.98 Å². The first-order valence-electron chi connectivity index (χ1n) is 9.74. The van der Waals surface area contributed by atoms with Crippen molar-refractivity contribution >= 4 is 50.8 Å². The number of rotatable bonds is 6. The van der Waals surface area contributed by atoms with Crippen LogP contribution in [0.25, 0.3) is 22.0 Å². The number of anilines is 1. The Bertz CT molecular complexity index is 1270. The Balaban J connectivity index is 1.53. The van der Waals surface area contributed by atoms with Gasteiger partial charge in [-0.15, -0.1) is 11.3 Å².